The molecule has 190 valence electrons. The number of hydrogen-bond donors (Lipinski definition) is 3. The van der Waals surface area contributed by atoms with Crippen LogP contribution in [0.1, 0.15) is 62.3 Å². The highest BCUT2D eigenvalue weighted by molar-refractivity contribution is 5.98. The van der Waals surface area contributed by atoms with Crippen LogP contribution in [0.4, 0.5) is 13.2 Å². The summed E-state index contributed by atoms with van der Waals surface area (Å²) in [4.78, 5) is 42.3. The molecule has 2 aliphatic heterocycles. The zero-order chi connectivity index (χ0) is 26.1. The van der Waals surface area contributed by atoms with Crippen LogP contribution >= 0.6 is 0 Å². The number of H-pyrrole nitrogens is 1. The van der Waals surface area contributed by atoms with Gasteiger partial charge in [0.2, 0.25) is 11.8 Å². The van der Waals surface area contributed by atoms with Crippen LogP contribution in [-0.2, 0) is 15.8 Å². The number of halogens is 3. The Morgan fingerprint density at radius 3 is 2.49 bits per heavy atom. The molecule has 0 radical (unpaired) electrons. The molecule has 11 heteroatoms. The predicted molar refractivity (Wildman–Crippen MR) is 119 cm³/mol. The lowest BCUT2D eigenvalue weighted by atomic mass is 9.91. The van der Waals surface area contributed by atoms with Gasteiger partial charge in [-0.25, -0.2) is 0 Å². The number of nitrogens with zero attached hydrogens (tertiary/aromatic N) is 2. The van der Waals surface area contributed by atoms with Gasteiger partial charge >= 0.3 is 6.18 Å². The number of piperidine rings is 1. The number of nitriles is 1. The second-order valence-electron chi connectivity index (χ2n) is 11.3. The number of aromatic nitrogens is 1. The molecule has 1 aromatic rings. The van der Waals surface area contributed by atoms with Gasteiger partial charge < -0.3 is 20.5 Å². The summed E-state index contributed by atoms with van der Waals surface area (Å²) in [6.07, 6.45) is -3.96. The Morgan fingerprint density at radius 2 is 1.97 bits per heavy atom. The summed E-state index contributed by atoms with van der Waals surface area (Å²) in [7, 11) is 0. The Labute approximate surface area is 201 Å². The molecular weight excluding hydrogens is 463 g/mol. The number of amides is 3. The van der Waals surface area contributed by atoms with E-state index in [4.69, 9.17) is 0 Å². The molecule has 0 spiro atoms. The molecule has 5 atom stereocenters. The molecule has 0 unspecified atom stereocenters. The molecule has 1 aliphatic carbocycles. The third-order valence-corrected chi connectivity index (χ3v) is 7.85. The maximum Gasteiger partial charge on any atom is 0.431 e. The summed E-state index contributed by atoms with van der Waals surface area (Å²) in [5, 5.41) is 15.2. The van der Waals surface area contributed by atoms with Crippen molar-refractivity contribution in [3.05, 3.63) is 23.0 Å². The van der Waals surface area contributed by atoms with E-state index in [1.807, 2.05) is 33.8 Å². The van der Waals surface area contributed by atoms with E-state index in [0.717, 1.165) is 6.07 Å². The van der Waals surface area contributed by atoms with Crippen LogP contribution in [0, 0.1) is 41.4 Å². The maximum absolute atomic E-state index is 13.4. The van der Waals surface area contributed by atoms with Crippen molar-refractivity contribution in [2.45, 2.75) is 71.3 Å². The number of rotatable bonds is 5. The number of carbonyl (C=O) groups is 3. The summed E-state index contributed by atoms with van der Waals surface area (Å²) in [5.41, 5.74) is -1.93. The molecule has 35 heavy (non-hydrogen) atoms. The highest BCUT2D eigenvalue weighted by Gasteiger charge is 2.69. The van der Waals surface area contributed by atoms with Crippen LogP contribution < -0.4 is 10.6 Å². The molecule has 3 aliphatic rings. The topological polar surface area (TPSA) is 118 Å². The van der Waals surface area contributed by atoms with Gasteiger partial charge in [0.1, 0.15) is 23.5 Å². The standard InChI is InChI=1S/C24H30F3N5O3/c1-11-6-15(30-18(11)24(25,26)27)21(35)32-10-14-16(23(14,4)5)17(32)20(34)29-13(9-28)7-12-8-22(2,3)31-19(12)33/h6,12-14,16-17,30H,7-8,10H2,1-5H3,(H,29,34)(H,31,33)/t12-,13+,14+,16+,17+/m1/s1. The Hall–Kier alpha value is -3.03. The second kappa shape index (κ2) is 8.00. The average Bonchev–Trinajstić information content (AvgIpc) is 3.15. The van der Waals surface area contributed by atoms with Gasteiger partial charge in [0.05, 0.1) is 6.07 Å². The first-order valence-corrected chi connectivity index (χ1v) is 11.7. The number of nitrogens with one attached hydrogen (secondary N) is 3. The summed E-state index contributed by atoms with van der Waals surface area (Å²) in [6, 6.07) is 1.34. The van der Waals surface area contributed by atoms with E-state index >= 15 is 0 Å². The van der Waals surface area contributed by atoms with Crippen molar-refractivity contribution in [2.75, 3.05) is 6.54 Å². The smallest absolute Gasteiger partial charge is 0.351 e. The first-order chi connectivity index (χ1) is 16.1. The predicted octanol–water partition coefficient (Wildman–Crippen LogP) is 2.75. The van der Waals surface area contributed by atoms with Gasteiger partial charge in [-0.2, -0.15) is 18.4 Å². The number of alkyl halides is 3. The number of aryl methyl sites for hydroxylation is 1. The minimum Gasteiger partial charge on any atom is -0.351 e. The largest absolute Gasteiger partial charge is 0.431 e. The van der Waals surface area contributed by atoms with Gasteiger partial charge in [-0.05, 0) is 62.5 Å². The first-order valence-electron chi connectivity index (χ1n) is 11.7. The van der Waals surface area contributed by atoms with E-state index in [1.165, 1.54) is 11.8 Å². The van der Waals surface area contributed by atoms with E-state index < -0.39 is 47.2 Å². The third-order valence-electron chi connectivity index (χ3n) is 7.85. The SMILES string of the molecule is Cc1cc(C(=O)N2C[C@H]3[C@@H]([C@H]2C(=O)N[C@H](C#N)C[C@@H]2CC(C)(C)NC2=O)C3(C)C)[nH]c1C(F)(F)F. The van der Waals surface area contributed by atoms with Crippen molar-refractivity contribution < 1.29 is 27.6 Å². The van der Waals surface area contributed by atoms with E-state index in [1.54, 1.807) is 0 Å². The molecule has 1 saturated carbocycles. The molecule has 8 nitrogen and oxygen atoms in total. The van der Waals surface area contributed by atoms with E-state index in [9.17, 15) is 32.8 Å². The van der Waals surface area contributed by atoms with Crippen molar-refractivity contribution in [3.63, 3.8) is 0 Å². The molecule has 3 fully saturated rings. The van der Waals surface area contributed by atoms with Crippen molar-refractivity contribution >= 4 is 17.7 Å². The van der Waals surface area contributed by atoms with Gasteiger partial charge in [-0.3, -0.25) is 14.4 Å². The maximum atomic E-state index is 13.4. The number of aromatic amines is 1. The van der Waals surface area contributed by atoms with Crippen LogP contribution in [0.25, 0.3) is 0 Å². The molecule has 2 saturated heterocycles. The molecule has 3 amide bonds. The fraction of sp³-hybridized carbons (Fsp3) is 0.667. The monoisotopic (exact) mass is 493 g/mol. The summed E-state index contributed by atoms with van der Waals surface area (Å²) in [5.74, 6) is -1.95. The van der Waals surface area contributed by atoms with Crippen LogP contribution in [-0.4, -0.2) is 51.8 Å². The lowest BCUT2D eigenvalue weighted by Crippen LogP contribution is -2.52. The molecule has 1 aromatic heterocycles. The normalized spacial score (nSPS) is 29.2. The van der Waals surface area contributed by atoms with Crippen LogP contribution in [0.5, 0.6) is 0 Å². The van der Waals surface area contributed by atoms with Gasteiger partial charge in [-0.1, -0.05) is 13.8 Å². The molecule has 4 rings (SSSR count). The molecule has 0 aromatic carbocycles. The fourth-order valence-electron chi connectivity index (χ4n) is 5.99. The Kier molecular flexibility index (Phi) is 5.73. The molecule has 3 heterocycles. The molecule has 3 N–H and O–H groups in total. The minimum absolute atomic E-state index is 0.0299. The van der Waals surface area contributed by atoms with E-state index in [-0.39, 0.29) is 47.4 Å². The van der Waals surface area contributed by atoms with E-state index in [0.29, 0.717) is 6.42 Å². The van der Waals surface area contributed by atoms with E-state index in [2.05, 4.69) is 15.6 Å². The van der Waals surface area contributed by atoms with Crippen LogP contribution in [0.3, 0.4) is 0 Å². The Morgan fingerprint density at radius 1 is 1.31 bits per heavy atom. The van der Waals surface area contributed by atoms with Crippen molar-refractivity contribution in [2.24, 2.45) is 23.2 Å². The van der Waals surface area contributed by atoms with Crippen LogP contribution in [0.15, 0.2) is 6.07 Å². The number of likely N-dealkylation sites (tertiary alicyclic amines) is 1. The summed E-state index contributed by atoms with van der Waals surface area (Å²) >= 11 is 0. The lowest BCUT2D eigenvalue weighted by Gasteiger charge is -2.30. The zero-order valence-electron chi connectivity index (χ0n) is 20.3. The van der Waals surface area contributed by atoms with Gasteiger partial charge in [0.15, 0.2) is 0 Å². The third kappa shape index (κ3) is 4.39. The quantitative estimate of drug-likeness (QED) is 0.585. The summed E-state index contributed by atoms with van der Waals surface area (Å²) < 4.78 is 39.7. The molecule has 0 bridgehead atoms. The second-order valence-corrected chi connectivity index (χ2v) is 11.3. The lowest BCUT2D eigenvalue weighted by molar-refractivity contribution is -0.141. The Bertz CT molecular complexity index is 1120. The fourth-order valence-corrected chi connectivity index (χ4v) is 5.99. The highest BCUT2D eigenvalue weighted by atomic mass is 19.4. The van der Waals surface area contributed by atoms with Gasteiger partial charge in [0, 0.05) is 18.0 Å². The molecular formula is C24H30F3N5O3. The average molecular weight is 494 g/mol. The highest BCUT2D eigenvalue weighted by Crippen LogP contribution is 2.65. The first kappa shape index (κ1) is 25.1. The summed E-state index contributed by atoms with van der Waals surface area (Å²) in [6.45, 7) is 9.24. The number of fused-ring (bicyclic) bond motifs is 1. The van der Waals surface area contributed by atoms with Gasteiger partial charge in [-0.15, -0.1) is 0 Å². The Balaban J connectivity index is 1.52. The minimum atomic E-state index is -4.63. The zero-order valence-corrected chi connectivity index (χ0v) is 20.3. The van der Waals surface area contributed by atoms with Crippen molar-refractivity contribution in [1.82, 2.24) is 20.5 Å². The van der Waals surface area contributed by atoms with Gasteiger partial charge in [0.25, 0.3) is 5.91 Å². The number of carbonyl (C=O) groups excluding carboxylic acids is 3. The van der Waals surface area contributed by atoms with Crippen molar-refractivity contribution in [1.29, 1.82) is 5.26 Å². The number of hydrogen-bond acceptors (Lipinski definition) is 4. The van der Waals surface area contributed by atoms with Crippen molar-refractivity contribution in [3.8, 4) is 6.07 Å². The van der Waals surface area contributed by atoms with Crippen LogP contribution in [0.2, 0.25) is 0 Å².